The quantitative estimate of drug-likeness (QED) is 0.604. The Morgan fingerprint density at radius 1 is 1.21 bits per heavy atom. The first-order chi connectivity index (χ1) is 6.18. The van der Waals surface area contributed by atoms with Crippen LogP contribution in [0.4, 0.5) is 4.53 Å². The molecule has 0 amide bonds. The number of halogens is 1. The second kappa shape index (κ2) is 4.92. The summed E-state index contributed by atoms with van der Waals surface area (Å²) < 4.78 is 12.2. The van der Waals surface area contributed by atoms with E-state index in [1.54, 1.807) is 13.8 Å². The van der Waals surface area contributed by atoms with Gasteiger partial charge in [0.2, 0.25) is 0 Å². The first-order valence-corrected chi connectivity index (χ1v) is 5.18. The topological polar surface area (TPSA) is 9.23 Å². The molecule has 2 heteroatoms. The van der Waals surface area contributed by atoms with Crippen LogP contribution >= 0.6 is 0 Å². The van der Waals surface area contributed by atoms with Gasteiger partial charge in [-0.2, -0.15) is 4.94 Å². The highest BCUT2D eigenvalue weighted by Gasteiger charge is 2.28. The van der Waals surface area contributed by atoms with Gasteiger partial charge in [0.15, 0.2) is 0 Å². The van der Waals surface area contributed by atoms with E-state index >= 15 is 0 Å². The van der Waals surface area contributed by atoms with Crippen LogP contribution in [-0.4, -0.2) is 5.60 Å². The summed E-state index contributed by atoms with van der Waals surface area (Å²) in [5.41, 5.74) is -0.731. The molecule has 1 nitrogen and oxygen atoms in total. The Balaban J connectivity index is 4.34. The molecule has 84 valence electrons. The highest BCUT2D eigenvalue weighted by atomic mass is 19.3. The average molecular weight is 202 g/mol. The minimum absolute atomic E-state index is 0.0279. The van der Waals surface area contributed by atoms with Gasteiger partial charge in [-0.15, -0.1) is 0 Å². The molecular weight excluding hydrogens is 179 g/mol. The molecule has 0 aromatic rings. The number of hydrogen-bond donors (Lipinski definition) is 0. The number of rotatable bonds is 5. The van der Waals surface area contributed by atoms with Crippen LogP contribution in [-0.2, 0) is 4.94 Å². The first-order valence-electron chi connectivity index (χ1n) is 5.18. The number of allylic oxidation sites excluding steroid dienone is 2. The first kappa shape index (κ1) is 13.6. The van der Waals surface area contributed by atoms with Crippen molar-refractivity contribution in [2.24, 2.45) is 11.3 Å². The molecule has 0 spiro atoms. The molecule has 0 atom stereocenters. The minimum atomic E-state index is -0.704. The maximum Gasteiger partial charge on any atom is 0.104 e. The number of hydrogen-bond acceptors (Lipinski definition) is 1. The summed E-state index contributed by atoms with van der Waals surface area (Å²) >= 11 is 0. The SMILES string of the molecule is CC(C)/C=C/C(C)(C)CC(C)(C)OF. The van der Waals surface area contributed by atoms with Crippen molar-refractivity contribution in [3.63, 3.8) is 0 Å². The standard InChI is InChI=1S/C12H23FO/c1-10(2)7-8-11(3,4)9-12(5,6)14-13/h7-8,10H,9H2,1-6H3/b8-7+. The molecular formula is C12H23FO. The van der Waals surface area contributed by atoms with Crippen LogP contribution in [0.3, 0.4) is 0 Å². The molecule has 0 radical (unpaired) electrons. The lowest BCUT2D eigenvalue weighted by Crippen LogP contribution is -2.28. The lowest BCUT2D eigenvalue weighted by Gasteiger charge is -2.29. The van der Waals surface area contributed by atoms with Crippen molar-refractivity contribution >= 4 is 0 Å². The zero-order valence-corrected chi connectivity index (χ0v) is 10.2. The highest BCUT2D eigenvalue weighted by molar-refractivity contribution is 4.98. The van der Waals surface area contributed by atoms with E-state index < -0.39 is 5.60 Å². The van der Waals surface area contributed by atoms with Crippen LogP contribution in [0.5, 0.6) is 0 Å². The van der Waals surface area contributed by atoms with Crippen LogP contribution in [0.2, 0.25) is 0 Å². The third kappa shape index (κ3) is 6.14. The van der Waals surface area contributed by atoms with E-state index in [2.05, 4.69) is 44.8 Å². The van der Waals surface area contributed by atoms with Crippen LogP contribution in [0.25, 0.3) is 0 Å². The maximum absolute atomic E-state index is 12.2. The van der Waals surface area contributed by atoms with Crippen LogP contribution in [0, 0.1) is 11.3 Å². The summed E-state index contributed by atoms with van der Waals surface area (Å²) in [5, 5.41) is 0. The fourth-order valence-electron chi connectivity index (χ4n) is 1.64. The summed E-state index contributed by atoms with van der Waals surface area (Å²) in [4.78, 5) is 3.95. The van der Waals surface area contributed by atoms with Crippen molar-refractivity contribution in [1.29, 1.82) is 0 Å². The van der Waals surface area contributed by atoms with E-state index in [9.17, 15) is 4.53 Å². The van der Waals surface area contributed by atoms with Gasteiger partial charge in [-0.25, -0.2) is 0 Å². The molecule has 0 bridgehead atoms. The molecule has 0 N–H and O–H groups in total. The monoisotopic (exact) mass is 202 g/mol. The van der Waals surface area contributed by atoms with Gasteiger partial charge in [0.1, 0.15) is 5.60 Å². The predicted molar refractivity (Wildman–Crippen MR) is 58.6 cm³/mol. The maximum atomic E-state index is 12.2. The summed E-state index contributed by atoms with van der Waals surface area (Å²) in [6, 6.07) is 0. The van der Waals surface area contributed by atoms with Crippen molar-refractivity contribution in [2.75, 3.05) is 0 Å². The third-order valence-electron chi connectivity index (χ3n) is 2.02. The van der Waals surface area contributed by atoms with Gasteiger partial charge in [0.25, 0.3) is 0 Å². The Labute approximate surface area is 87.2 Å². The molecule has 14 heavy (non-hydrogen) atoms. The molecule has 0 aliphatic heterocycles. The summed E-state index contributed by atoms with van der Waals surface area (Å²) in [7, 11) is 0. The highest BCUT2D eigenvalue weighted by Crippen LogP contribution is 2.31. The van der Waals surface area contributed by atoms with Crippen LogP contribution < -0.4 is 0 Å². The molecule has 0 heterocycles. The van der Waals surface area contributed by atoms with Gasteiger partial charge in [0.05, 0.1) is 0 Å². The van der Waals surface area contributed by atoms with E-state index in [0.717, 1.165) is 0 Å². The summed E-state index contributed by atoms with van der Waals surface area (Å²) in [6.45, 7) is 12.0. The van der Waals surface area contributed by atoms with E-state index in [1.165, 1.54) is 0 Å². The molecule has 0 saturated carbocycles. The van der Waals surface area contributed by atoms with E-state index in [0.29, 0.717) is 12.3 Å². The summed E-state index contributed by atoms with van der Waals surface area (Å²) in [6.07, 6.45) is 4.95. The van der Waals surface area contributed by atoms with Gasteiger partial charge >= 0.3 is 0 Å². The molecule has 0 aromatic carbocycles. The van der Waals surface area contributed by atoms with Gasteiger partial charge in [-0.1, -0.05) is 39.8 Å². The third-order valence-corrected chi connectivity index (χ3v) is 2.02. The van der Waals surface area contributed by atoms with Crippen molar-refractivity contribution in [3.8, 4) is 0 Å². The fourth-order valence-corrected chi connectivity index (χ4v) is 1.64. The molecule has 0 unspecified atom stereocenters. The molecule has 0 saturated heterocycles. The fraction of sp³-hybridized carbons (Fsp3) is 0.833. The van der Waals surface area contributed by atoms with E-state index in [-0.39, 0.29) is 5.41 Å². The van der Waals surface area contributed by atoms with E-state index in [4.69, 9.17) is 0 Å². The smallest absolute Gasteiger partial charge is 0.104 e. The molecule has 0 rings (SSSR count). The predicted octanol–water partition coefficient (Wildman–Crippen LogP) is 4.29. The van der Waals surface area contributed by atoms with Crippen molar-refractivity contribution < 1.29 is 9.47 Å². The lowest BCUT2D eigenvalue weighted by molar-refractivity contribution is -0.230. The Morgan fingerprint density at radius 3 is 2.07 bits per heavy atom. The lowest BCUT2D eigenvalue weighted by atomic mass is 9.81. The normalized spacial score (nSPS) is 14.3. The molecule has 0 fully saturated rings. The largest absolute Gasteiger partial charge is 0.188 e. The summed E-state index contributed by atoms with van der Waals surface area (Å²) in [5.74, 6) is 0.531. The van der Waals surface area contributed by atoms with Gasteiger partial charge < -0.3 is 0 Å². The molecule has 0 aromatic heterocycles. The van der Waals surface area contributed by atoms with Gasteiger partial charge in [0, 0.05) is 0 Å². The Kier molecular flexibility index (Phi) is 4.79. The Morgan fingerprint density at radius 2 is 1.71 bits per heavy atom. The Hall–Kier alpha value is -0.370. The van der Waals surface area contributed by atoms with Crippen molar-refractivity contribution in [1.82, 2.24) is 0 Å². The van der Waals surface area contributed by atoms with Gasteiger partial charge in [-0.05, 0) is 36.1 Å². The van der Waals surface area contributed by atoms with Crippen LogP contribution in [0.1, 0.15) is 48.0 Å². The average Bonchev–Trinajstić information content (AvgIpc) is 1.99. The zero-order valence-electron chi connectivity index (χ0n) is 10.2. The Bertz CT molecular complexity index is 192. The van der Waals surface area contributed by atoms with Gasteiger partial charge in [-0.3, -0.25) is 0 Å². The minimum Gasteiger partial charge on any atom is -0.188 e. The second-order valence-corrected chi connectivity index (χ2v) is 5.61. The van der Waals surface area contributed by atoms with Crippen molar-refractivity contribution in [3.05, 3.63) is 12.2 Å². The molecule has 0 aliphatic carbocycles. The second-order valence-electron chi connectivity index (χ2n) is 5.61. The van der Waals surface area contributed by atoms with E-state index in [1.807, 2.05) is 0 Å². The van der Waals surface area contributed by atoms with Crippen LogP contribution in [0.15, 0.2) is 12.2 Å². The zero-order chi connectivity index (χ0) is 11.4. The van der Waals surface area contributed by atoms with Crippen molar-refractivity contribution in [2.45, 2.75) is 53.6 Å². The molecule has 0 aliphatic rings.